The van der Waals surface area contributed by atoms with Gasteiger partial charge in [-0.05, 0) is 332 Å². The summed E-state index contributed by atoms with van der Waals surface area (Å²) < 4.78 is 41.9. The molecule has 0 radical (unpaired) electrons. The van der Waals surface area contributed by atoms with Gasteiger partial charge in [-0.15, -0.1) is 0 Å². The summed E-state index contributed by atoms with van der Waals surface area (Å²) in [6.07, 6.45) is 25.0. The van der Waals surface area contributed by atoms with Crippen LogP contribution in [0.1, 0.15) is 363 Å². The van der Waals surface area contributed by atoms with Crippen LogP contribution in [0.15, 0.2) is 72.8 Å². The first-order chi connectivity index (χ1) is 69.4. The Morgan fingerprint density at radius 2 is 0.531 bits per heavy atom. The SMILES string of the molecule is CC(C)(O)CC(=O)Nc1nc2c(Cl)cc(C3CC3)cc2n1C1CCC1.CC(C)(O)CC(=O)Nc1nc2ccc(C3CC3)c(F)c2n1C1CCC1.CC(C)(O)CC(=O)Nc1nc2ccc(C3CC3)c(F)c2n1C1CCC1.CC(C)(O)CC(=O)Nc1nc2ccc(Cl)c(C#N)c2n1C1CCC1.CC(C)(O)CC(=O)Nc1nc2ccc(Cl)c(C#N)c2n1C1CCC1.CC(C)(O)CC(=O)Nc1nc2ccc(Cl)c(C#N)c2n1C1CCC1. The summed E-state index contributed by atoms with van der Waals surface area (Å²) in [5, 5.41) is 106. The van der Waals surface area contributed by atoms with E-state index in [4.69, 9.17) is 46.4 Å². The predicted molar refractivity (Wildman–Crippen MR) is 563 cm³/mol. The third kappa shape index (κ3) is 25.7. The quantitative estimate of drug-likeness (QED) is 0.0227. The second-order valence-corrected chi connectivity index (χ2v) is 46.3. The fourth-order valence-corrected chi connectivity index (χ4v) is 20.1. The van der Waals surface area contributed by atoms with Gasteiger partial charge in [-0.1, -0.05) is 58.5 Å². The van der Waals surface area contributed by atoms with Crippen LogP contribution in [-0.2, 0) is 28.8 Å². The second-order valence-electron chi connectivity index (χ2n) is 44.6. The molecular weight excluding hydrogens is 1960 g/mol. The largest absolute Gasteiger partial charge is 0.390 e. The van der Waals surface area contributed by atoms with Crippen LogP contribution in [0.2, 0.25) is 20.1 Å². The fourth-order valence-electron chi connectivity index (χ4n) is 19.3. The van der Waals surface area contributed by atoms with Crippen molar-refractivity contribution in [2.24, 2.45) is 0 Å². The van der Waals surface area contributed by atoms with Crippen molar-refractivity contribution in [3.63, 3.8) is 0 Å². The van der Waals surface area contributed by atoms with Gasteiger partial charge in [0.15, 0.2) is 11.6 Å². The summed E-state index contributed by atoms with van der Waals surface area (Å²) in [6.45, 7) is 19.1. The lowest BCUT2D eigenvalue weighted by atomic mass is 9.92. The van der Waals surface area contributed by atoms with Gasteiger partial charge in [0.25, 0.3) is 0 Å². The summed E-state index contributed by atoms with van der Waals surface area (Å²) in [5.41, 5.74) is 5.17. The number of hydrogen-bond donors (Lipinski definition) is 12. The Labute approximate surface area is 870 Å². The minimum Gasteiger partial charge on any atom is -0.390 e. The number of hydrogen-bond acceptors (Lipinski definition) is 21. The van der Waals surface area contributed by atoms with Gasteiger partial charge in [-0.25, -0.2) is 38.7 Å². The average molecular weight is 2090 g/mol. The monoisotopic (exact) mass is 2090 g/mol. The topological polar surface area (TPSA) is 474 Å². The van der Waals surface area contributed by atoms with Gasteiger partial charge in [-0.2, -0.15) is 15.8 Å². The van der Waals surface area contributed by atoms with Crippen molar-refractivity contribution in [3.05, 3.63) is 138 Å². The van der Waals surface area contributed by atoms with E-state index < -0.39 is 33.6 Å². The van der Waals surface area contributed by atoms with E-state index in [2.05, 4.69) is 90.6 Å². The van der Waals surface area contributed by atoms with E-state index in [0.717, 1.165) is 157 Å². The molecule has 0 atom stereocenters. The fraction of sp³-hybridized carbons (Fsp3) is 0.528. The van der Waals surface area contributed by atoms with Crippen molar-refractivity contribution in [2.75, 3.05) is 31.9 Å². The number of anilines is 6. The Bertz CT molecular complexity index is 6690. The Hall–Kier alpha value is -11.8. The smallest absolute Gasteiger partial charge is 0.229 e. The van der Waals surface area contributed by atoms with E-state index in [0.29, 0.717) is 151 Å². The van der Waals surface area contributed by atoms with Gasteiger partial charge in [0.2, 0.25) is 71.1 Å². The number of aromatic nitrogens is 12. The van der Waals surface area contributed by atoms with E-state index in [-0.39, 0.29) is 116 Å². The molecule has 39 heteroatoms. The third-order valence-electron chi connectivity index (χ3n) is 27.9. The number of amides is 6. The molecule has 780 valence electrons. The lowest BCUT2D eigenvalue weighted by Crippen LogP contribution is -2.29. The Morgan fingerprint density at radius 3 is 0.748 bits per heavy atom. The highest BCUT2D eigenvalue weighted by Crippen LogP contribution is 2.51. The number of carbonyl (C=O) groups excluding carboxylic acids is 6. The number of nitriles is 3. The zero-order valence-corrected chi connectivity index (χ0v) is 88.0. The molecule has 0 aliphatic heterocycles. The molecule has 6 amide bonds. The van der Waals surface area contributed by atoms with Crippen LogP contribution in [-0.4, -0.2) is 157 Å². The number of carbonyl (C=O) groups is 6. The minimum absolute atomic E-state index is 0.0297. The van der Waals surface area contributed by atoms with Crippen molar-refractivity contribution < 1.29 is 68.2 Å². The molecule has 21 rings (SSSR count). The van der Waals surface area contributed by atoms with Crippen molar-refractivity contribution in [1.29, 1.82) is 15.8 Å². The highest BCUT2D eigenvalue weighted by Gasteiger charge is 2.40. The predicted octanol–water partition coefficient (Wildman–Crippen LogP) is 22.3. The first-order valence-electron chi connectivity index (χ1n) is 51.0. The van der Waals surface area contributed by atoms with Crippen LogP contribution in [0, 0.1) is 45.6 Å². The minimum atomic E-state index is -1.10. The number of fused-ring (bicyclic) bond motifs is 6. The number of aliphatic hydroxyl groups is 6. The number of rotatable bonds is 27. The maximum atomic E-state index is 15.1. The maximum Gasteiger partial charge on any atom is 0.229 e. The van der Waals surface area contributed by atoms with Gasteiger partial charge >= 0.3 is 0 Å². The number of benzene rings is 6. The van der Waals surface area contributed by atoms with Crippen LogP contribution in [0.25, 0.3) is 66.2 Å². The van der Waals surface area contributed by atoms with Gasteiger partial charge in [-0.3, -0.25) is 60.7 Å². The normalized spacial score (nSPS) is 16.8. The van der Waals surface area contributed by atoms with Gasteiger partial charge in [0.1, 0.15) is 34.8 Å². The van der Waals surface area contributed by atoms with Crippen molar-refractivity contribution in [1.82, 2.24) is 57.3 Å². The van der Waals surface area contributed by atoms with Crippen LogP contribution in [0.5, 0.6) is 0 Å². The van der Waals surface area contributed by atoms with E-state index in [1.165, 1.54) is 24.8 Å². The zero-order valence-electron chi connectivity index (χ0n) is 84.9. The first kappa shape index (κ1) is 108. The molecule has 12 N–H and O–H groups in total. The first-order valence-corrected chi connectivity index (χ1v) is 52.5. The number of imidazole rings is 6. The van der Waals surface area contributed by atoms with Gasteiger partial charge in [0.05, 0.1) is 159 Å². The third-order valence-corrected chi connectivity index (χ3v) is 29.2. The highest BCUT2D eigenvalue weighted by atomic mass is 35.5. The summed E-state index contributed by atoms with van der Waals surface area (Å²) in [5.74, 6) is 1.60. The van der Waals surface area contributed by atoms with Gasteiger partial charge < -0.3 is 58.0 Å². The molecule has 33 nitrogen and oxygen atoms in total. The Morgan fingerprint density at radius 1 is 0.313 bits per heavy atom. The summed E-state index contributed by atoms with van der Waals surface area (Å²) in [6, 6.07) is 29.4. The maximum absolute atomic E-state index is 15.1. The van der Waals surface area contributed by atoms with Crippen molar-refractivity contribution in [3.8, 4) is 18.2 Å². The van der Waals surface area contributed by atoms with E-state index in [1.54, 1.807) is 119 Å². The van der Waals surface area contributed by atoms with Crippen LogP contribution in [0.3, 0.4) is 0 Å². The molecule has 6 heterocycles. The molecule has 12 aromatic rings. The average Bonchev–Trinajstić information content (AvgIpc) is 1.59. The lowest BCUT2D eigenvalue weighted by Gasteiger charge is -2.29. The summed E-state index contributed by atoms with van der Waals surface area (Å²) >= 11 is 25.0. The molecule has 147 heavy (non-hydrogen) atoms. The molecule has 0 spiro atoms. The number of nitrogens with one attached hydrogen (secondary N) is 6. The molecule has 0 bridgehead atoms. The molecule has 6 aromatic carbocycles. The van der Waals surface area contributed by atoms with E-state index >= 15 is 8.78 Å². The Kier molecular flexibility index (Phi) is 31.9. The lowest BCUT2D eigenvalue weighted by molar-refractivity contribution is -0.121. The Balaban J connectivity index is 0.000000126. The zero-order chi connectivity index (χ0) is 106. The van der Waals surface area contributed by atoms with Crippen LogP contribution in [0.4, 0.5) is 44.5 Å². The molecule has 9 fully saturated rings. The van der Waals surface area contributed by atoms with Crippen molar-refractivity contribution in [2.45, 2.75) is 363 Å². The molecule has 9 saturated carbocycles. The highest BCUT2D eigenvalue weighted by molar-refractivity contribution is 6.35. The molecule has 0 saturated heterocycles. The van der Waals surface area contributed by atoms with Crippen molar-refractivity contribution >= 4 is 184 Å². The van der Waals surface area contributed by atoms with Crippen LogP contribution < -0.4 is 31.9 Å². The molecule has 6 aromatic heterocycles. The van der Waals surface area contributed by atoms with E-state index in [1.807, 2.05) is 53.2 Å². The number of nitrogens with zero attached hydrogens (tertiary/aromatic N) is 15. The number of halogens is 6. The molecular formula is C108H129Cl4F2N21O12. The summed E-state index contributed by atoms with van der Waals surface area (Å²) in [7, 11) is 0. The molecule has 9 aliphatic rings. The standard InChI is InChI=1S/C19H24ClN3O2.2C19H24FN3O2.3C17H19ClN4O2/c1-19(2,25)10-16(24)21-18-22-17-14(20)8-12(11-6-7-11)9-15(17)23(18)13-4-3-5-13;2*1-19(2,25)10-15(24)22-18-21-14-9-8-13(11-6-7-11)16(20)17(14)23(18)12-4-3-5-12;3*1-17(2,24)8-14(23)21-16-20-13-7-6-12(18)11(9-19)15(13)22(16)10-4-3-5-10/h8-9,11,13,25H,3-7,10H2,1-2H3,(H,21,22,24);2*8-9,11-12,25H,3-7,10H2,1-2H3,(H,21,22,24);3*6-7,10,24H,3-5,8H2,1-2H3,(H,20,21,23). The van der Waals surface area contributed by atoms with Gasteiger partial charge in [0, 0.05) is 36.3 Å². The van der Waals surface area contributed by atoms with Crippen LogP contribution >= 0.6 is 46.4 Å². The molecule has 0 unspecified atom stereocenters. The molecule has 9 aliphatic carbocycles. The van der Waals surface area contributed by atoms with E-state index in [9.17, 15) is 75.2 Å². The summed E-state index contributed by atoms with van der Waals surface area (Å²) in [4.78, 5) is 100. The second kappa shape index (κ2) is 43.4.